The molecule has 0 saturated heterocycles. The Morgan fingerprint density at radius 2 is 2.10 bits per heavy atom. The van der Waals surface area contributed by atoms with Gasteiger partial charge in [-0.1, -0.05) is 18.2 Å². The number of Topliss-reactive ketones (excluding diaryl/α,β-unsaturated/α-hetero) is 1. The van der Waals surface area contributed by atoms with E-state index in [0.717, 1.165) is 11.1 Å². The molecule has 0 unspecified atom stereocenters. The number of fused-ring (bicyclic) bond motifs is 1. The first-order valence-corrected chi connectivity index (χ1v) is 10.3. The van der Waals surface area contributed by atoms with Gasteiger partial charge in [-0.15, -0.1) is 0 Å². The number of nitrogens with zero attached hydrogens (tertiary/aromatic N) is 3. The molecular formula is C23H27N3O5. The van der Waals surface area contributed by atoms with Crippen LogP contribution in [-0.4, -0.2) is 52.4 Å². The van der Waals surface area contributed by atoms with Crippen molar-refractivity contribution in [2.24, 2.45) is 0 Å². The van der Waals surface area contributed by atoms with Gasteiger partial charge in [-0.25, -0.2) is 4.98 Å². The molecule has 31 heavy (non-hydrogen) atoms. The van der Waals surface area contributed by atoms with Crippen molar-refractivity contribution in [3.05, 3.63) is 53.5 Å². The maximum absolute atomic E-state index is 13.3. The molecule has 0 aliphatic carbocycles. The molecule has 0 N–H and O–H groups in total. The van der Waals surface area contributed by atoms with E-state index in [4.69, 9.17) is 9.47 Å². The summed E-state index contributed by atoms with van der Waals surface area (Å²) in [5, 5.41) is 0. The molecule has 8 heteroatoms. The molecule has 1 aliphatic rings. The first-order chi connectivity index (χ1) is 14.9. The van der Waals surface area contributed by atoms with Crippen LogP contribution in [0.25, 0.3) is 6.08 Å². The van der Waals surface area contributed by atoms with Crippen molar-refractivity contribution in [1.82, 2.24) is 14.5 Å². The summed E-state index contributed by atoms with van der Waals surface area (Å²) in [5.41, 5.74) is 2.15. The average Bonchev–Trinajstić information content (AvgIpc) is 3.17. The lowest BCUT2D eigenvalue weighted by molar-refractivity contribution is -0.144. The summed E-state index contributed by atoms with van der Waals surface area (Å²) in [6, 6.07) is 4.83. The monoisotopic (exact) mass is 425 g/mol. The number of ketones is 1. The van der Waals surface area contributed by atoms with E-state index in [1.165, 1.54) is 14.0 Å². The van der Waals surface area contributed by atoms with Gasteiger partial charge < -0.3 is 18.9 Å². The van der Waals surface area contributed by atoms with Gasteiger partial charge in [0.15, 0.2) is 0 Å². The van der Waals surface area contributed by atoms with Gasteiger partial charge in [0, 0.05) is 38.0 Å². The van der Waals surface area contributed by atoms with Crippen molar-refractivity contribution in [3.8, 4) is 5.88 Å². The van der Waals surface area contributed by atoms with Gasteiger partial charge in [0.05, 0.1) is 26.2 Å². The van der Waals surface area contributed by atoms with Crippen LogP contribution in [0.15, 0.2) is 36.7 Å². The standard InChI is InChI=1S/C23H27N3O5/c1-4-31-22(28)13-19(18-8-9-21(30-3)24-14-18)26-11-10-25-15-17(7-5-6-16(2)27)12-20(25)23(26)29/h5,7-9,12,14-15,19H,4,6,10-11,13H2,1-3H3/b7-5+/t19-/m0/s1. The quantitative estimate of drug-likeness (QED) is 0.574. The average molecular weight is 425 g/mol. The van der Waals surface area contributed by atoms with Crippen LogP contribution in [0.5, 0.6) is 5.88 Å². The lowest BCUT2D eigenvalue weighted by atomic mass is 10.0. The number of rotatable bonds is 9. The number of aromatic nitrogens is 2. The number of esters is 1. The van der Waals surface area contributed by atoms with E-state index in [2.05, 4.69) is 4.98 Å². The van der Waals surface area contributed by atoms with Gasteiger partial charge in [0.1, 0.15) is 11.5 Å². The fourth-order valence-electron chi connectivity index (χ4n) is 3.61. The number of carbonyl (C=O) groups excluding carboxylic acids is 3. The molecule has 0 fully saturated rings. The van der Waals surface area contributed by atoms with Gasteiger partial charge in [0.25, 0.3) is 5.91 Å². The first-order valence-electron chi connectivity index (χ1n) is 10.3. The van der Waals surface area contributed by atoms with Crippen molar-refractivity contribution >= 4 is 23.7 Å². The zero-order valence-electron chi connectivity index (χ0n) is 18.0. The molecular weight excluding hydrogens is 398 g/mol. The minimum Gasteiger partial charge on any atom is -0.481 e. The molecule has 164 valence electrons. The second kappa shape index (κ2) is 10.1. The van der Waals surface area contributed by atoms with Crippen molar-refractivity contribution in [2.45, 2.75) is 39.3 Å². The van der Waals surface area contributed by atoms with Crippen LogP contribution in [0.1, 0.15) is 54.3 Å². The molecule has 3 rings (SSSR count). The lowest BCUT2D eigenvalue weighted by Gasteiger charge is -2.35. The third kappa shape index (κ3) is 5.39. The van der Waals surface area contributed by atoms with Crippen LogP contribution in [-0.2, 0) is 20.9 Å². The van der Waals surface area contributed by atoms with E-state index < -0.39 is 6.04 Å². The van der Waals surface area contributed by atoms with Crippen molar-refractivity contribution in [3.63, 3.8) is 0 Å². The molecule has 1 aliphatic heterocycles. The SMILES string of the molecule is CCOC(=O)C[C@@H](c1ccc(OC)nc1)N1CCn2cc(/C=C/CC(C)=O)cc2C1=O. The van der Waals surface area contributed by atoms with Crippen LogP contribution < -0.4 is 4.74 Å². The Kier molecular flexibility index (Phi) is 7.23. The molecule has 0 bridgehead atoms. The first kappa shape index (κ1) is 22.3. The molecule has 8 nitrogen and oxygen atoms in total. The highest BCUT2D eigenvalue weighted by atomic mass is 16.5. The number of hydrogen-bond acceptors (Lipinski definition) is 6. The van der Waals surface area contributed by atoms with E-state index in [9.17, 15) is 14.4 Å². The van der Waals surface area contributed by atoms with Crippen molar-refractivity contribution < 1.29 is 23.9 Å². The Hall–Kier alpha value is -3.42. The van der Waals surface area contributed by atoms with Crippen LogP contribution in [0.2, 0.25) is 0 Å². The molecule has 2 aromatic heterocycles. The van der Waals surface area contributed by atoms with Gasteiger partial charge in [0.2, 0.25) is 5.88 Å². The third-order valence-corrected chi connectivity index (χ3v) is 5.09. The van der Waals surface area contributed by atoms with Crippen LogP contribution >= 0.6 is 0 Å². The number of pyridine rings is 1. The van der Waals surface area contributed by atoms with E-state index >= 15 is 0 Å². The number of ether oxygens (including phenoxy) is 2. The Morgan fingerprint density at radius 3 is 2.74 bits per heavy atom. The van der Waals surface area contributed by atoms with E-state index in [1.807, 2.05) is 22.9 Å². The van der Waals surface area contributed by atoms with Crippen LogP contribution in [0.3, 0.4) is 0 Å². The summed E-state index contributed by atoms with van der Waals surface area (Å²) in [5.74, 6) is 0.00404. The van der Waals surface area contributed by atoms with Gasteiger partial charge >= 0.3 is 5.97 Å². The Morgan fingerprint density at radius 1 is 1.29 bits per heavy atom. The second-order valence-electron chi connectivity index (χ2n) is 7.32. The normalized spacial score (nSPS) is 14.4. The Labute approximate surface area is 181 Å². The second-order valence-corrected chi connectivity index (χ2v) is 7.32. The largest absolute Gasteiger partial charge is 0.481 e. The minimum atomic E-state index is -0.495. The van der Waals surface area contributed by atoms with Gasteiger partial charge in [-0.2, -0.15) is 0 Å². The topological polar surface area (TPSA) is 90.7 Å². The zero-order chi connectivity index (χ0) is 22.4. The highest BCUT2D eigenvalue weighted by molar-refractivity contribution is 5.95. The number of amides is 1. The summed E-state index contributed by atoms with van der Waals surface area (Å²) in [6.07, 6.45) is 7.55. The summed E-state index contributed by atoms with van der Waals surface area (Å²) < 4.78 is 12.2. The highest BCUT2D eigenvalue weighted by Crippen LogP contribution is 2.30. The molecule has 0 saturated carbocycles. The number of hydrogen-bond donors (Lipinski definition) is 0. The van der Waals surface area contributed by atoms with Crippen molar-refractivity contribution in [2.75, 3.05) is 20.3 Å². The molecule has 2 aromatic rings. The fraction of sp³-hybridized carbons (Fsp3) is 0.391. The molecule has 0 aromatic carbocycles. The maximum Gasteiger partial charge on any atom is 0.308 e. The highest BCUT2D eigenvalue weighted by Gasteiger charge is 2.33. The maximum atomic E-state index is 13.3. The zero-order valence-corrected chi connectivity index (χ0v) is 18.0. The summed E-state index contributed by atoms with van der Waals surface area (Å²) in [4.78, 5) is 42.7. The fourth-order valence-corrected chi connectivity index (χ4v) is 3.61. The predicted octanol–water partition coefficient (Wildman–Crippen LogP) is 3.03. The number of carbonyl (C=O) groups is 3. The molecule has 1 amide bonds. The summed E-state index contributed by atoms with van der Waals surface area (Å²) in [7, 11) is 1.53. The molecule has 3 heterocycles. The van der Waals surface area contributed by atoms with E-state index in [-0.39, 0.29) is 30.7 Å². The smallest absolute Gasteiger partial charge is 0.308 e. The number of methoxy groups -OCH3 is 1. The van der Waals surface area contributed by atoms with E-state index in [1.54, 1.807) is 36.2 Å². The van der Waals surface area contributed by atoms with Gasteiger partial charge in [-0.05, 0) is 31.0 Å². The molecule has 0 radical (unpaired) electrons. The summed E-state index contributed by atoms with van der Waals surface area (Å²) in [6.45, 7) is 4.62. The lowest BCUT2D eigenvalue weighted by Crippen LogP contribution is -2.43. The summed E-state index contributed by atoms with van der Waals surface area (Å²) >= 11 is 0. The van der Waals surface area contributed by atoms with Gasteiger partial charge in [-0.3, -0.25) is 14.4 Å². The third-order valence-electron chi connectivity index (χ3n) is 5.09. The minimum absolute atomic E-state index is 0.0413. The molecule has 1 atom stereocenters. The van der Waals surface area contributed by atoms with E-state index in [0.29, 0.717) is 31.1 Å². The Balaban J connectivity index is 1.87. The molecule has 0 spiro atoms. The van der Waals surface area contributed by atoms with Crippen molar-refractivity contribution in [1.29, 1.82) is 0 Å². The van der Waals surface area contributed by atoms with Crippen LogP contribution in [0.4, 0.5) is 0 Å². The van der Waals surface area contributed by atoms with Crippen LogP contribution in [0, 0.1) is 0 Å². The Bertz CT molecular complexity index is 978. The number of allylic oxidation sites excluding steroid dienone is 1. The predicted molar refractivity (Wildman–Crippen MR) is 115 cm³/mol.